The first-order valence-electron chi connectivity index (χ1n) is 4.95. The lowest BCUT2D eigenvalue weighted by Gasteiger charge is -2.02. The maximum Gasteiger partial charge on any atom is 0.129 e. The molecule has 0 aliphatic carbocycles. The number of hydrogen-bond donors (Lipinski definition) is 0. The Balaban J connectivity index is 2.10. The minimum Gasteiger partial charge on any atom is -0.255 e. The van der Waals surface area contributed by atoms with Gasteiger partial charge in [0.15, 0.2) is 0 Å². The molecule has 1 aromatic carbocycles. The molecule has 0 unspecified atom stereocenters. The average molecular weight is 223 g/mol. The summed E-state index contributed by atoms with van der Waals surface area (Å²) >= 11 is 0. The first-order valence-corrected chi connectivity index (χ1v) is 4.95. The fourth-order valence-corrected chi connectivity index (χ4v) is 1.53. The quantitative estimate of drug-likeness (QED) is 0.795. The largest absolute Gasteiger partial charge is 0.255 e. The van der Waals surface area contributed by atoms with Gasteiger partial charge < -0.3 is 0 Å². The maximum absolute atomic E-state index is 13.3. The first kappa shape index (κ1) is 10.7. The topological polar surface area (TPSA) is 30.7 Å². The van der Waals surface area contributed by atoms with Crippen molar-refractivity contribution in [2.75, 3.05) is 0 Å². The molecule has 0 fully saturated rings. The summed E-state index contributed by atoms with van der Waals surface area (Å²) in [5.41, 5.74) is 0.832. The van der Waals surface area contributed by atoms with Crippen LogP contribution in [0.25, 0.3) is 0 Å². The Labute approximate surface area is 91.7 Å². The van der Waals surface area contributed by atoms with Crippen LogP contribution >= 0.6 is 0 Å². The zero-order valence-corrected chi connectivity index (χ0v) is 8.82. The van der Waals surface area contributed by atoms with E-state index in [1.54, 1.807) is 17.9 Å². The molecule has 3 nitrogen and oxygen atoms in total. The van der Waals surface area contributed by atoms with Crippen LogP contribution in [0.3, 0.4) is 0 Å². The van der Waals surface area contributed by atoms with Gasteiger partial charge in [0.1, 0.15) is 11.6 Å². The molecule has 2 rings (SSSR count). The van der Waals surface area contributed by atoms with Crippen molar-refractivity contribution in [2.24, 2.45) is 7.05 Å². The van der Waals surface area contributed by atoms with Gasteiger partial charge in [0.05, 0.1) is 5.69 Å². The zero-order valence-electron chi connectivity index (χ0n) is 8.82. The first-order chi connectivity index (χ1) is 7.66. The van der Waals surface area contributed by atoms with E-state index in [4.69, 9.17) is 0 Å². The van der Waals surface area contributed by atoms with Crippen LogP contribution in [-0.2, 0) is 19.9 Å². The van der Waals surface area contributed by atoms with E-state index in [0.717, 1.165) is 5.69 Å². The lowest BCUT2D eigenvalue weighted by Crippen LogP contribution is -1.98. The molecule has 0 amide bonds. The molecule has 0 bridgehead atoms. The Kier molecular flexibility index (Phi) is 2.94. The maximum atomic E-state index is 13.3. The smallest absolute Gasteiger partial charge is 0.129 e. The summed E-state index contributed by atoms with van der Waals surface area (Å²) in [5, 5.41) is 7.61. The Bertz CT molecular complexity index is 473. The van der Waals surface area contributed by atoms with E-state index in [-0.39, 0.29) is 12.0 Å². The summed E-state index contributed by atoms with van der Waals surface area (Å²) in [6, 6.07) is 3.88. The summed E-state index contributed by atoms with van der Waals surface area (Å²) in [5.74, 6) is -1.02. The van der Waals surface area contributed by atoms with E-state index in [2.05, 4.69) is 10.3 Å². The minimum atomic E-state index is -0.510. The molecule has 5 heteroatoms. The molecule has 0 saturated heterocycles. The standard InChI is InChI=1S/C11H11F2N3/c1-16-7-8(14-15-16)5-6-9-10(12)3-2-4-11(9)13/h2-4,7H,5-6H2,1H3. The number of benzene rings is 1. The summed E-state index contributed by atoms with van der Waals surface area (Å²) in [4.78, 5) is 0. The van der Waals surface area contributed by atoms with Gasteiger partial charge in [-0.25, -0.2) is 8.78 Å². The molecule has 16 heavy (non-hydrogen) atoms. The van der Waals surface area contributed by atoms with E-state index >= 15 is 0 Å². The third kappa shape index (κ3) is 2.24. The highest BCUT2D eigenvalue weighted by Gasteiger charge is 2.09. The molecule has 0 saturated carbocycles. The van der Waals surface area contributed by atoms with Crippen molar-refractivity contribution < 1.29 is 8.78 Å². The lowest BCUT2D eigenvalue weighted by atomic mass is 10.1. The van der Waals surface area contributed by atoms with E-state index in [1.807, 2.05) is 0 Å². The van der Waals surface area contributed by atoms with Gasteiger partial charge in [-0.2, -0.15) is 0 Å². The van der Waals surface area contributed by atoms with Crippen molar-refractivity contribution in [1.29, 1.82) is 0 Å². The Hall–Kier alpha value is -1.78. The van der Waals surface area contributed by atoms with Crippen LogP contribution in [0.4, 0.5) is 8.78 Å². The molecular weight excluding hydrogens is 212 g/mol. The highest BCUT2D eigenvalue weighted by molar-refractivity contribution is 5.20. The highest BCUT2D eigenvalue weighted by Crippen LogP contribution is 2.14. The normalized spacial score (nSPS) is 10.7. The molecule has 1 heterocycles. The van der Waals surface area contributed by atoms with Crippen LogP contribution in [-0.4, -0.2) is 15.0 Å². The van der Waals surface area contributed by atoms with Gasteiger partial charge in [0.2, 0.25) is 0 Å². The van der Waals surface area contributed by atoms with Crippen LogP contribution in [0.15, 0.2) is 24.4 Å². The van der Waals surface area contributed by atoms with E-state index in [9.17, 15) is 8.78 Å². The fraction of sp³-hybridized carbons (Fsp3) is 0.273. The van der Waals surface area contributed by atoms with Gasteiger partial charge in [-0.15, -0.1) is 5.10 Å². The monoisotopic (exact) mass is 223 g/mol. The number of rotatable bonds is 3. The van der Waals surface area contributed by atoms with Gasteiger partial charge in [0, 0.05) is 18.8 Å². The van der Waals surface area contributed by atoms with Gasteiger partial charge in [-0.3, -0.25) is 4.68 Å². The van der Waals surface area contributed by atoms with Crippen molar-refractivity contribution in [2.45, 2.75) is 12.8 Å². The SMILES string of the molecule is Cn1cc(CCc2c(F)cccc2F)nn1. The number of nitrogens with zero attached hydrogens (tertiary/aromatic N) is 3. The Morgan fingerprint density at radius 3 is 2.44 bits per heavy atom. The van der Waals surface area contributed by atoms with Crippen molar-refractivity contribution in [1.82, 2.24) is 15.0 Å². The molecule has 2 aromatic rings. The molecule has 0 N–H and O–H groups in total. The summed E-state index contributed by atoms with van der Waals surface area (Å²) in [6.07, 6.45) is 2.50. The number of halogens is 2. The molecular formula is C11H11F2N3. The summed E-state index contributed by atoms with van der Waals surface area (Å²) in [7, 11) is 1.75. The van der Waals surface area contributed by atoms with Crippen LogP contribution < -0.4 is 0 Å². The van der Waals surface area contributed by atoms with Gasteiger partial charge in [-0.05, 0) is 25.0 Å². The fourth-order valence-electron chi connectivity index (χ4n) is 1.53. The van der Waals surface area contributed by atoms with E-state index in [0.29, 0.717) is 6.42 Å². The highest BCUT2D eigenvalue weighted by atomic mass is 19.1. The number of hydrogen-bond acceptors (Lipinski definition) is 2. The second-order valence-corrected chi connectivity index (χ2v) is 3.58. The number of aromatic nitrogens is 3. The van der Waals surface area contributed by atoms with Crippen molar-refractivity contribution >= 4 is 0 Å². The van der Waals surface area contributed by atoms with Gasteiger partial charge in [0.25, 0.3) is 0 Å². The zero-order chi connectivity index (χ0) is 11.5. The Morgan fingerprint density at radius 2 is 1.88 bits per heavy atom. The van der Waals surface area contributed by atoms with Crippen molar-refractivity contribution in [3.05, 3.63) is 47.3 Å². The van der Waals surface area contributed by atoms with Crippen molar-refractivity contribution in [3.8, 4) is 0 Å². The Morgan fingerprint density at radius 1 is 1.19 bits per heavy atom. The van der Waals surface area contributed by atoms with Crippen LogP contribution in [0.2, 0.25) is 0 Å². The molecule has 0 atom stereocenters. The van der Waals surface area contributed by atoms with Gasteiger partial charge in [-0.1, -0.05) is 11.3 Å². The predicted octanol–water partition coefficient (Wildman–Crippen LogP) is 1.88. The minimum absolute atomic E-state index is 0.105. The third-order valence-electron chi connectivity index (χ3n) is 2.34. The van der Waals surface area contributed by atoms with Crippen LogP contribution in [0.5, 0.6) is 0 Å². The molecule has 0 aliphatic rings. The molecule has 0 spiro atoms. The van der Waals surface area contributed by atoms with Crippen LogP contribution in [0, 0.1) is 11.6 Å². The summed E-state index contributed by atoms with van der Waals surface area (Å²) in [6.45, 7) is 0. The van der Waals surface area contributed by atoms with Gasteiger partial charge >= 0.3 is 0 Å². The molecule has 1 aromatic heterocycles. The molecule has 0 aliphatic heterocycles. The van der Waals surface area contributed by atoms with E-state index in [1.165, 1.54) is 18.2 Å². The third-order valence-corrected chi connectivity index (χ3v) is 2.34. The lowest BCUT2D eigenvalue weighted by molar-refractivity contribution is 0.554. The van der Waals surface area contributed by atoms with E-state index < -0.39 is 11.6 Å². The average Bonchev–Trinajstić information content (AvgIpc) is 2.63. The molecule has 0 radical (unpaired) electrons. The second kappa shape index (κ2) is 4.38. The van der Waals surface area contributed by atoms with Crippen molar-refractivity contribution in [3.63, 3.8) is 0 Å². The second-order valence-electron chi connectivity index (χ2n) is 3.58. The summed E-state index contributed by atoms with van der Waals surface area (Å²) < 4.78 is 28.1. The van der Waals surface area contributed by atoms with Crippen LogP contribution in [0.1, 0.15) is 11.3 Å². The number of aryl methyl sites for hydroxylation is 2. The predicted molar refractivity (Wildman–Crippen MR) is 54.8 cm³/mol. The molecule has 84 valence electrons.